The largest absolute Gasteiger partial charge is 0.495 e. The number of ether oxygens (including phenoxy) is 1. The number of nitrogens with one attached hydrogen (secondary N) is 1. The highest BCUT2D eigenvalue weighted by atomic mass is 32.2. The third-order valence-corrected chi connectivity index (χ3v) is 5.26. The zero-order valence-corrected chi connectivity index (χ0v) is 13.1. The first-order valence-electron chi connectivity index (χ1n) is 6.94. The van der Waals surface area contributed by atoms with Crippen molar-refractivity contribution in [3.63, 3.8) is 0 Å². The summed E-state index contributed by atoms with van der Waals surface area (Å²) in [5.41, 5.74) is 0. The quantitative estimate of drug-likeness (QED) is 0.893. The molecule has 1 heterocycles. The molecule has 0 saturated carbocycles. The van der Waals surface area contributed by atoms with Crippen LogP contribution in [0.15, 0.2) is 23.1 Å². The highest BCUT2D eigenvalue weighted by Crippen LogP contribution is 2.24. The smallest absolute Gasteiger partial charge is 0.244 e. The molecule has 0 aliphatic carbocycles. The number of likely N-dealkylation sites (tertiary alicyclic amines) is 1. The summed E-state index contributed by atoms with van der Waals surface area (Å²) in [5.74, 6) is -0.140. The Morgan fingerprint density at radius 1 is 1.38 bits per heavy atom. The van der Waals surface area contributed by atoms with E-state index in [1.54, 1.807) is 0 Å². The van der Waals surface area contributed by atoms with Crippen LogP contribution in [0.1, 0.15) is 12.8 Å². The molecule has 7 heteroatoms. The number of nitrogens with zero attached hydrogens (tertiary/aromatic N) is 1. The zero-order valence-electron chi connectivity index (χ0n) is 12.3. The van der Waals surface area contributed by atoms with Crippen LogP contribution in [0, 0.1) is 11.7 Å². The number of benzene rings is 1. The first-order valence-corrected chi connectivity index (χ1v) is 8.42. The summed E-state index contributed by atoms with van der Waals surface area (Å²) in [6, 6.07) is 3.48. The van der Waals surface area contributed by atoms with Crippen molar-refractivity contribution in [3.8, 4) is 5.75 Å². The normalized spacial score (nSPS) is 17.9. The maximum atomic E-state index is 13.3. The van der Waals surface area contributed by atoms with Gasteiger partial charge in [0.15, 0.2) is 0 Å². The monoisotopic (exact) mass is 316 g/mol. The lowest BCUT2D eigenvalue weighted by molar-refractivity contribution is 0.220. The minimum Gasteiger partial charge on any atom is -0.495 e. The summed E-state index contributed by atoms with van der Waals surface area (Å²) in [5, 5.41) is 0. The summed E-state index contributed by atoms with van der Waals surface area (Å²) >= 11 is 0. The molecule has 21 heavy (non-hydrogen) atoms. The Kier molecular flexibility index (Phi) is 5.18. The summed E-state index contributed by atoms with van der Waals surface area (Å²) in [4.78, 5) is 2.07. The number of sulfonamides is 1. The topological polar surface area (TPSA) is 58.6 Å². The van der Waals surface area contributed by atoms with E-state index in [0.29, 0.717) is 12.5 Å². The van der Waals surface area contributed by atoms with Crippen LogP contribution in [0.3, 0.4) is 0 Å². The van der Waals surface area contributed by atoms with E-state index in [-0.39, 0.29) is 10.6 Å². The van der Waals surface area contributed by atoms with Gasteiger partial charge in [0.25, 0.3) is 0 Å². The van der Waals surface area contributed by atoms with Crippen molar-refractivity contribution in [3.05, 3.63) is 24.0 Å². The molecule has 1 aromatic rings. The molecule has 0 atom stereocenters. The first-order chi connectivity index (χ1) is 9.92. The molecule has 1 saturated heterocycles. The Hall–Kier alpha value is -1.18. The predicted molar refractivity (Wildman–Crippen MR) is 78.4 cm³/mol. The Labute approximate surface area is 125 Å². The van der Waals surface area contributed by atoms with Crippen molar-refractivity contribution >= 4 is 10.0 Å². The lowest BCUT2D eigenvalue weighted by Gasteiger charge is -2.28. The van der Waals surface area contributed by atoms with E-state index in [9.17, 15) is 12.8 Å². The molecule has 1 aliphatic heterocycles. The summed E-state index contributed by atoms with van der Waals surface area (Å²) in [7, 11) is -0.349. The van der Waals surface area contributed by atoms with Crippen molar-refractivity contribution in [2.75, 3.05) is 33.8 Å². The Balaban J connectivity index is 2.06. The van der Waals surface area contributed by atoms with E-state index >= 15 is 0 Å². The third kappa shape index (κ3) is 4.15. The van der Waals surface area contributed by atoms with Crippen molar-refractivity contribution < 1.29 is 17.5 Å². The van der Waals surface area contributed by atoms with Gasteiger partial charge in [-0.05, 0) is 57.1 Å². The van der Waals surface area contributed by atoms with Crippen LogP contribution < -0.4 is 9.46 Å². The highest BCUT2D eigenvalue weighted by Gasteiger charge is 2.23. The zero-order chi connectivity index (χ0) is 15.5. The van der Waals surface area contributed by atoms with Crippen LogP contribution in [0.2, 0.25) is 0 Å². The molecular formula is C14H21FN2O3S. The molecule has 0 unspecified atom stereocenters. The molecule has 5 nitrogen and oxygen atoms in total. The van der Waals surface area contributed by atoms with Crippen molar-refractivity contribution in [2.45, 2.75) is 17.7 Å². The summed E-state index contributed by atoms with van der Waals surface area (Å²) < 4.78 is 45.5. The fraction of sp³-hybridized carbons (Fsp3) is 0.571. The Morgan fingerprint density at radius 3 is 2.67 bits per heavy atom. The van der Waals surface area contributed by atoms with Crippen LogP contribution in [0.5, 0.6) is 5.75 Å². The van der Waals surface area contributed by atoms with Gasteiger partial charge >= 0.3 is 0 Å². The van der Waals surface area contributed by atoms with Gasteiger partial charge in [0, 0.05) is 6.54 Å². The Morgan fingerprint density at radius 2 is 2.05 bits per heavy atom. The fourth-order valence-electron chi connectivity index (χ4n) is 2.43. The van der Waals surface area contributed by atoms with Gasteiger partial charge in [0.2, 0.25) is 10.0 Å². The van der Waals surface area contributed by atoms with E-state index in [2.05, 4.69) is 16.7 Å². The van der Waals surface area contributed by atoms with Crippen molar-refractivity contribution in [2.24, 2.45) is 5.92 Å². The molecule has 0 spiro atoms. The van der Waals surface area contributed by atoms with Crippen LogP contribution in [-0.2, 0) is 10.0 Å². The van der Waals surface area contributed by atoms with Crippen LogP contribution in [-0.4, -0.2) is 47.1 Å². The minimum atomic E-state index is -3.77. The molecule has 2 rings (SSSR count). The highest BCUT2D eigenvalue weighted by molar-refractivity contribution is 7.89. The molecule has 1 aromatic carbocycles. The van der Waals surface area contributed by atoms with E-state index in [1.807, 2.05) is 0 Å². The van der Waals surface area contributed by atoms with Crippen LogP contribution in [0.4, 0.5) is 4.39 Å². The van der Waals surface area contributed by atoms with Gasteiger partial charge in [-0.1, -0.05) is 0 Å². The van der Waals surface area contributed by atoms with E-state index < -0.39 is 15.8 Å². The number of halogens is 1. The number of hydrogen-bond acceptors (Lipinski definition) is 4. The Bertz CT molecular complexity index is 584. The molecule has 0 amide bonds. The number of hydrogen-bond donors (Lipinski definition) is 1. The number of piperidine rings is 1. The summed E-state index contributed by atoms with van der Waals surface area (Å²) in [6.45, 7) is 2.31. The average molecular weight is 316 g/mol. The predicted octanol–water partition coefficient (Wildman–Crippen LogP) is 1.45. The van der Waals surface area contributed by atoms with Crippen molar-refractivity contribution in [1.82, 2.24) is 9.62 Å². The first kappa shape index (κ1) is 16.2. The molecule has 1 N–H and O–H groups in total. The van der Waals surface area contributed by atoms with Gasteiger partial charge in [0.1, 0.15) is 16.5 Å². The fourth-order valence-corrected chi connectivity index (χ4v) is 3.73. The number of methoxy groups -OCH3 is 1. The standard InChI is InChI=1S/C14H21FN2O3S/c1-17-7-5-11(6-8-17)10-16-21(18,19)14-9-12(15)3-4-13(14)20-2/h3-4,9,11,16H,5-8,10H2,1-2H3. The van der Waals surface area contributed by atoms with Gasteiger partial charge in [-0.3, -0.25) is 0 Å². The third-order valence-electron chi connectivity index (χ3n) is 3.82. The second-order valence-corrected chi connectivity index (χ2v) is 7.13. The molecule has 0 bridgehead atoms. The van der Waals surface area contributed by atoms with Gasteiger partial charge in [0.05, 0.1) is 7.11 Å². The number of rotatable bonds is 5. The molecule has 0 aromatic heterocycles. The van der Waals surface area contributed by atoms with Crippen LogP contribution >= 0.6 is 0 Å². The van der Waals surface area contributed by atoms with Gasteiger partial charge in [-0.25, -0.2) is 17.5 Å². The maximum absolute atomic E-state index is 13.3. The van der Waals surface area contributed by atoms with Gasteiger partial charge in [-0.2, -0.15) is 0 Å². The second-order valence-electron chi connectivity index (χ2n) is 5.39. The molecule has 0 radical (unpaired) electrons. The second kappa shape index (κ2) is 6.72. The van der Waals surface area contributed by atoms with Crippen molar-refractivity contribution in [1.29, 1.82) is 0 Å². The van der Waals surface area contributed by atoms with E-state index in [1.165, 1.54) is 19.2 Å². The molecule has 1 fully saturated rings. The SMILES string of the molecule is COc1ccc(F)cc1S(=O)(=O)NCC1CCN(C)CC1. The van der Waals surface area contributed by atoms with Gasteiger partial charge in [-0.15, -0.1) is 0 Å². The maximum Gasteiger partial charge on any atom is 0.244 e. The van der Waals surface area contributed by atoms with Crippen LogP contribution in [0.25, 0.3) is 0 Å². The molecule has 118 valence electrons. The van der Waals surface area contributed by atoms with E-state index in [4.69, 9.17) is 4.74 Å². The molecule has 1 aliphatic rings. The minimum absolute atomic E-state index is 0.146. The lowest BCUT2D eigenvalue weighted by Crippen LogP contribution is -2.37. The molecular weight excluding hydrogens is 295 g/mol. The van der Waals surface area contributed by atoms with E-state index in [0.717, 1.165) is 32.0 Å². The average Bonchev–Trinajstić information content (AvgIpc) is 2.47. The summed E-state index contributed by atoms with van der Waals surface area (Å²) in [6.07, 6.45) is 1.92. The lowest BCUT2D eigenvalue weighted by atomic mass is 9.98. The van der Waals surface area contributed by atoms with Gasteiger partial charge < -0.3 is 9.64 Å².